The van der Waals surface area contributed by atoms with Crippen molar-refractivity contribution in [2.75, 3.05) is 25.1 Å². The summed E-state index contributed by atoms with van der Waals surface area (Å²) in [7, 11) is 0. The molecule has 8 nitrogen and oxygen atoms in total. The summed E-state index contributed by atoms with van der Waals surface area (Å²) in [5, 5.41) is 8.97. The van der Waals surface area contributed by atoms with Crippen molar-refractivity contribution in [2.24, 2.45) is 4.99 Å². The molecule has 25 heavy (non-hydrogen) atoms. The van der Waals surface area contributed by atoms with Crippen LogP contribution in [0.5, 0.6) is 0 Å². The van der Waals surface area contributed by atoms with Gasteiger partial charge in [0.25, 0.3) is 0 Å². The topological polar surface area (TPSA) is 90.6 Å². The van der Waals surface area contributed by atoms with E-state index in [2.05, 4.69) is 20.4 Å². The second-order valence-corrected chi connectivity index (χ2v) is 6.22. The highest BCUT2D eigenvalue weighted by molar-refractivity contribution is 6.07. The monoisotopic (exact) mass is 343 g/mol. The average molecular weight is 343 g/mol. The zero-order valence-electron chi connectivity index (χ0n) is 14.1. The van der Waals surface area contributed by atoms with Crippen LogP contribution in [0.2, 0.25) is 0 Å². The molecule has 1 unspecified atom stereocenters. The van der Waals surface area contributed by atoms with E-state index >= 15 is 0 Å². The number of aromatic nitrogens is 3. The highest BCUT2D eigenvalue weighted by Gasteiger charge is 2.26. The van der Waals surface area contributed by atoms with Gasteiger partial charge in [0.15, 0.2) is 5.65 Å². The summed E-state index contributed by atoms with van der Waals surface area (Å²) in [5.41, 5.74) is 2.52. The molecule has 2 aliphatic heterocycles. The van der Waals surface area contributed by atoms with Crippen LogP contribution in [-0.2, 0) is 20.8 Å². The molecule has 1 atom stereocenters. The third kappa shape index (κ3) is 2.97. The third-order valence-corrected chi connectivity index (χ3v) is 4.60. The Morgan fingerprint density at radius 2 is 2.20 bits per heavy atom. The maximum Gasteiger partial charge on any atom is 0.220 e. The lowest BCUT2D eigenvalue weighted by atomic mass is 10.1. The summed E-state index contributed by atoms with van der Waals surface area (Å²) in [5.74, 6) is 0.463. The van der Waals surface area contributed by atoms with Crippen LogP contribution in [0.1, 0.15) is 25.3 Å². The largest absolute Gasteiger partial charge is 0.475 e. The number of aldehydes is 1. The van der Waals surface area contributed by atoms with Gasteiger partial charge in [0.05, 0.1) is 22.8 Å². The number of pyridine rings is 1. The Labute approximate surface area is 145 Å². The van der Waals surface area contributed by atoms with Crippen molar-refractivity contribution < 1.29 is 14.3 Å². The molecule has 0 amide bonds. The van der Waals surface area contributed by atoms with Gasteiger partial charge in [-0.3, -0.25) is 0 Å². The molecule has 4 heterocycles. The van der Waals surface area contributed by atoms with Gasteiger partial charge in [0.1, 0.15) is 18.9 Å². The maximum atomic E-state index is 11.0. The van der Waals surface area contributed by atoms with Crippen molar-refractivity contribution in [3.05, 3.63) is 18.0 Å². The minimum Gasteiger partial charge on any atom is -0.475 e. The Balaban J connectivity index is 1.78. The fraction of sp³-hybridized carbons (Fsp3) is 0.529. The molecule has 8 heteroatoms. The number of anilines is 1. The molecule has 0 spiro atoms. The van der Waals surface area contributed by atoms with E-state index < -0.39 is 6.04 Å². The van der Waals surface area contributed by atoms with Crippen LogP contribution in [0, 0.1) is 0 Å². The van der Waals surface area contributed by atoms with E-state index in [1.807, 2.05) is 17.8 Å². The molecule has 0 bridgehead atoms. The van der Waals surface area contributed by atoms with Gasteiger partial charge in [-0.05, 0) is 19.8 Å². The van der Waals surface area contributed by atoms with Gasteiger partial charge in [-0.15, -0.1) is 0 Å². The molecule has 1 saturated heterocycles. The second kappa shape index (κ2) is 6.79. The zero-order valence-corrected chi connectivity index (χ0v) is 14.1. The first kappa shape index (κ1) is 16.0. The number of ether oxygens (including phenoxy) is 2. The highest BCUT2D eigenvalue weighted by Crippen LogP contribution is 2.30. The first-order valence-corrected chi connectivity index (χ1v) is 8.65. The predicted molar refractivity (Wildman–Crippen MR) is 93.0 cm³/mol. The van der Waals surface area contributed by atoms with Crippen molar-refractivity contribution in [3.8, 4) is 0 Å². The van der Waals surface area contributed by atoms with E-state index in [-0.39, 0.29) is 6.61 Å². The molecule has 0 saturated carbocycles. The lowest BCUT2D eigenvalue weighted by molar-refractivity contribution is -0.109. The summed E-state index contributed by atoms with van der Waals surface area (Å²) < 4.78 is 13.0. The number of aliphatic imine (C=N–C) groups is 1. The fourth-order valence-corrected chi connectivity index (χ4v) is 3.23. The van der Waals surface area contributed by atoms with Crippen molar-refractivity contribution in [1.82, 2.24) is 14.8 Å². The van der Waals surface area contributed by atoms with Crippen molar-refractivity contribution >= 4 is 28.9 Å². The minimum atomic E-state index is -0.444. The van der Waals surface area contributed by atoms with Crippen molar-refractivity contribution in [2.45, 2.75) is 38.4 Å². The number of fused-ring (bicyclic) bond motifs is 1. The second-order valence-electron chi connectivity index (χ2n) is 6.22. The standard InChI is InChI=1S/C17H21N5O3/c1-2-22-16-13(8-19-22)15(20-11-3-5-24-6-4-11)14(7-18-16)17-21-12(9-23)10-25-17/h7-9,11-12H,2-6,10H2,1H3,(H,18,20). The molecule has 0 aromatic carbocycles. The molecule has 2 aromatic rings. The first-order chi connectivity index (χ1) is 12.3. The highest BCUT2D eigenvalue weighted by atomic mass is 16.5. The van der Waals surface area contributed by atoms with E-state index in [9.17, 15) is 4.79 Å². The van der Waals surface area contributed by atoms with E-state index in [1.54, 1.807) is 6.20 Å². The number of hydrogen-bond donors (Lipinski definition) is 1. The van der Waals surface area contributed by atoms with Crippen LogP contribution in [0.15, 0.2) is 17.4 Å². The lowest BCUT2D eigenvalue weighted by Gasteiger charge is -2.25. The SMILES string of the molecule is CCn1ncc2c(NC3CCOCC3)c(C3=NC(C=O)CO3)cnc21. The molecule has 132 valence electrons. The molecule has 1 fully saturated rings. The fourth-order valence-electron chi connectivity index (χ4n) is 3.23. The third-order valence-electron chi connectivity index (χ3n) is 4.60. The zero-order chi connectivity index (χ0) is 17.2. The van der Waals surface area contributed by atoms with Gasteiger partial charge in [0, 0.05) is 32.0 Å². The van der Waals surface area contributed by atoms with Gasteiger partial charge < -0.3 is 19.6 Å². The summed E-state index contributed by atoms with van der Waals surface area (Å²) in [6.07, 6.45) is 6.26. The van der Waals surface area contributed by atoms with Crippen LogP contribution in [0.3, 0.4) is 0 Å². The number of nitrogens with zero attached hydrogens (tertiary/aromatic N) is 4. The number of carbonyl (C=O) groups excluding carboxylic acids is 1. The van der Waals surface area contributed by atoms with Crippen molar-refractivity contribution in [3.63, 3.8) is 0 Å². The van der Waals surface area contributed by atoms with Crippen LogP contribution in [0.4, 0.5) is 5.69 Å². The first-order valence-electron chi connectivity index (χ1n) is 8.65. The summed E-state index contributed by atoms with van der Waals surface area (Å²) in [6, 6.07) is -0.132. The van der Waals surface area contributed by atoms with E-state index in [0.717, 1.165) is 61.2 Å². The minimum absolute atomic E-state index is 0.280. The average Bonchev–Trinajstić information content (AvgIpc) is 3.29. The van der Waals surface area contributed by atoms with Crippen LogP contribution in [-0.4, -0.2) is 58.9 Å². The quantitative estimate of drug-likeness (QED) is 0.825. The van der Waals surface area contributed by atoms with Gasteiger partial charge in [-0.25, -0.2) is 14.7 Å². The lowest BCUT2D eigenvalue weighted by Crippen LogP contribution is -2.28. The molecular weight excluding hydrogens is 322 g/mol. The van der Waals surface area contributed by atoms with Crippen molar-refractivity contribution in [1.29, 1.82) is 0 Å². The Morgan fingerprint density at radius 3 is 2.92 bits per heavy atom. The molecule has 2 aromatic heterocycles. The normalized spacial score (nSPS) is 21.2. The Kier molecular flexibility index (Phi) is 4.35. The van der Waals surface area contributed by atoms with Crippen LogP contribution < -0.4 is 5.32 Å². The van der Waals surface area contributed by atoms with Crippen LogP contribution >= 0.6 is 0 Å². The molecule has 0 aliphatic carbocycles. The van der Waals surface area contributed by atoms with Gasteiger partial charge in [-0.2, -0.15) is 5.10 Å². The van der Waals surface area contributed by atoms with Crippen LogP contribution in [0.25, 0.3) is 11.0 Å². The number of rotatable bonds is 5. The van der Waals surface area contributed by atoms with E-state index in [4.69, 9.17) is 9.47 Å². The molecule has 0 radical (unpaired) electrons. The maximum absolute atomic E-state index is 11.0. The summed E-state index contributed by atoms with van der Waals surface area (Å²) in [6.45, 7) is 4.56. The molecular formula is C17H21N5O3. The number of nitrogens with one attached hydrogen (secondary N) is 1. The Morgan fingerprint density at radius 1 is 1.36 bits per heavy atom. The molecule has 4 rings (SSSR count). The smallest absolute Gasteiger partial charge is 0.220 e. The Bertz CT molecular complexity index is 810. The summed E-state index contributed by atoms with van der Waals surface area (Å²) >= 11 is 0. The van der Waals surface area contributed by atoms with Gasteiger partial charge in [-0.1, -0.05) is 0 Å². The predicted octanol–water partition coefficient (Wildman–Crippen LogP) is 1.39. The Hall–Kier alpha value is -2.48. The number of carbonyl (C=O) groups is 1. The molecule has 1 N–H and O–H groups in total. The number of hydrogen-bond acceptors (Lipinski definition) is 7. The van der Waals surface area contributed by atoms with Gasteiger partial charge in [0.2, 0.25) is 5.90 Å². The van der Waals surface area contributed by atoms with E-state index in [1.165, 1.54) is 0 Å². The summed E-state index contributed by atoms with van der Waals surface area (Å²) in [4.78, 5) is 19.9. The van der Waals surface area contributed by atoms with Gasteiger partial charge >= 0.3 is 0 Å². The molecule has 2 aliphatic rings. The van der Waals surface area contributed by atoms with E-state index in [0.29, 0.717) is 11.9 Å². The number of aryl methyl sites for hydroxylation is 1.